The molecule has 0 radical (unpaired) electrons. The number of carbonyl (C=O) groups excluding carboxylic acids is 2. The predicted molar refractivity (Wildman–Crippen MR) is 431 cm³/mol. The number of unbranched alkanes of at least 4 members (excludes halogenated alkanes) is 46. The van der Waals surface area contributed by atoms with Gasteiger partial charge in [0.25, 0.3) is 0 Å². The van der Waals surface area contributed by atoms with Crippen LogP contribution < -0.4 is 5.73 Å². The van der Waals surface area contributed by atoms with E-state index in [9.17, 15) is 19.0 Å². The lowest BCUT2D eigenvalue weighted by Crippen LogP contribution is -2.29. The molecule has 0 aliphatic heterocycles. The van der Waals surface area contributed by atoms with Crippen LogP contribution in [0.15, 0.2) is 122 Å². The van der Waals surface area contributed by atoms with Crippen molar-refractivity contribution in [3.8, 4) is 0 Å². The fourth-order valence-electron chi connectivity index (χ4n) is 12.2. The summed E-state index contributed by atoms with van der Waals surface area (Å²) < 4.78 is 33.3. The van der Waals surface area contributed by atoms with Crippen molar-refractivity contribution in [2.24, 2.45) is 5.73 Å². The van der Waals surface area contributed by atoms with Crippen LogP contribution in [0.3, 0.4) is 0 Å². The van der Waals surface area contributed by atoms with E-state index in [2.05, 4.69) is 135 Å². The van der Waals surface area contributed by atoms with Crippen LogP contribution in [-0.2, 0) is 32.7 Å². The van der Waals surface area contributed by atoms with E-state index in [-0.39, 0.29) is 38.6 Å². The van der Waals surface area contributed by atoms with Crippen molar-refractivity contribution in [1.29, 1.82) is 0 Å². The average molecular weight is 1400 g/mol. The summed E-state index contributed by atoms with van der Waals surface area (Å²) in [6.07, 6.45) is 118. The molecule has 0 fully saturated rings. The molecule has 10 heteroatoms. The van der Waals surface area contributed by atoms with Gasteiger partial charge < -0.3 is 20.1 Å². The topological polar surface area (TPSA) is 134 Å². The zero-order valence-corrected chi connectivity index (χ0v) is 65.6. The van der Waals surface area contributed by atoms with E-state index in [4.69, 9.17) is 24.3 Å². The van der Waals surface area contributed by atoms with Crippen molar-refractivity contribution < 1.29 is 37.6 Å². The Morgan fingerprint density at radius 1 is 0.303 bits per heavy atom. The monoisotopic (exact) mass is 1400 g/mol. The number of esters is 2. The Bertz CT molecular complexity index is 2050. The third-order valence-electron chi connectivity index (χ3n) is 18.3. The first-order chi connectivity index (χ1) is 48.8. The lowest BCUT2D eigenvalue weighted by Gasteiger charge is -2.19. The van der Waals surface area contributed by atoms with E-state index in [0.717, 1.165) is 96.3 Å². The molecule has 0 saturated carbocycles. The van der Waals surface area contributed by atoms with Gasteiger partial charge in [0.15, 0.2) is 6.10 Å². The molecule has 9 nitrogen and oxygen atoms in total. The van der Waals surface area contributed by atoms with E-state index in [1.165, 1.54) is 270 Å². The summed E-state index contributed by atoms with van der Waals surface area (Å²) in [5.41, 5.74) is 5.42. The molecule has 3 N–H and O–H groups in total. The smallest absolute Gasteiger partial charge is 0.462 e. The van der Waals surface area contributed by atoms with Crippen LogP contribution >= 0.6 is 7.82 Å². The first-order valence-electron chi connectivity index (χ1n) is 42.0. The minimum absolute atomic E-state index is 0.0532. The molecule has 0 spiro atoms. The molecule has 572 valence electrons. The fraction of sp³-hybridized carbons (Fsp3) is 0.753. The summed E-state index contributed by atoms with van der Waals surface area (Å²) in [5.74, 6) is -0.808. The van der Waals surface area contributed by atoms with Crippen LogP contribution in [0.4, 0.5) is 0 Å². The Kier molecular flexibility index (Phi) is 80.3. The predicted octanol–water partition coefficient (Wildman–Crippen LogP) is 28.5. The Morgan fingerprint density at radius 2 is 0.525 bits per heavy atom. The van der Waals surface area contributed by atoms with Gasteiger partial charge in [-0.3, -0.25) is 18.6 Å². The molecule has 0 aliphatic carbocycles. The molecule has 99 heavy (non-hydrogen) atoms. The summed E-state index contributed by atoms with van der Waals surface area (Å²) in [7, 11) is -4.40. The van der Waals surface area contributed by atoms with Gasteiger partial charge in [-0.2, -0.15) is 0 Å². The standard InChI is InChI=1S/C89H158NO8P/c1-3-5-7-9-11-13-15-17-19-21-23-25-27-29-31-33-35-37-39-41-43-45-47-49-51-53-55-57-59-61-63-65-67-69-71-73-75-77-79-81-88(91)95-85-87(86-97-99(93,94)96-84-83-90)98-89(92)82-80-78-76-74-72-70-68-66-64-62-60-58-56-54-52-50-48-46-44-42-40-38-36-34-32-30-28-26-24-22-20-18-16-14-12-10-8-6-4-2/h5-8,11-14,17-20,23-26,29-32,87H,3-4,9-10,15-16,21-22,27-28,33-86,90H2,1-2H3,(H,93,94)/b7-5-,8-6-,13-11-,14-12-,19-17-,20-18-,25-23-,26-24-,31-29-,32-30-. The normalized spacial score (nSPS) is 13.5. The molecule has 2 atom stereocenters. The van der Waals surface area contributed by atoms with Crippen molar-refractivity contribution >= 4 is 19.8 Å². The van der Waals surface area contributed by atoms with Crippen molar-refractivity contribution in [3.63, 3.8) is 0 Å². The third-order valence-corrected chi connectivity index (χ3v) is 19.3. The van der Waals surface area contributed by atoms with Gasteiger partial charge >= 0.3 is 19.8 Å². The van der Waals surface area contributed by atoms with Crippen molar-refractivity contribution in [2.45, 2.75) is 405 Å². The number of phosphoric acid groups is 1. The summed E-state index contributed by atoms with van der Waals surface area (Å²) >= 11 is 0. The molecule has 0 rings (SSSR count). The van der Waals surface area contributed by atoms with Crippen molar-refractivity contribution in [1.82, 2.24) is 0 Å². The third kappa shape index (κ3) is 83.2. The maximum atomic E-state index is 12.8. The minimum atomic E-state index is -4.40. The molecular weight excluding hydrogens is 1240 g/mol. The van der Waals surface area contributed by atoms with E-state index in [1.54, 1.807) is 0 Å². The number of hydrogen-bond acceptors (Lipinski definition) is 8. The van der Waals surface area contributed by atoms with Gasteiger partial charge in [-0.1, -0.05) is 405 Å². The van der Waals surface area contributed by atoms with Gasteiger partial charge in [0.05, 0.1) is 13.2 Å². The number of nitrogens with two attached hydrogens (primary N) is 1. The van der Waals surface area contributed by atoms with Gasteiger partial charge in [0.1, 0.15) is 6.61 Å². The highest BCUT2D eigenvalue weighted by Gasteiger charge is 2.26. The van der Waals surface area contributed by atoms with Gasteiger partial charge in [-0.25, -0.2) is 4.57 Å². The van der Waals surface area contributed by atoms with Crippen LogP contribution in [-0.4, -0.2) is 49.3 Å². The lowest BCUT2D eigenvalue weighted by atomic mass is 10.0. The highest BCUT2D eigenvalue weighted by atomic mass is 31.2. The maximum Gasteiger partial charge on any atom is 0.472 e. The fourth-order valence-corrected chi connectivity index (χ4v) is 13.0. The quantitative estimate of drug-likeness (QED) is 0.0264. The van der Waals surface area contributed by atoms with Crippen LogP contribution in [0.2, 0.25) is 0 Å². The second-order valence-corrected chi connectivity index (χ2v) is 29.4. The van der Waals surface area contributed by atoms with Crippen LogP contribution in [0.25, 0.3) is 0 Å². The number of phosphoric ester groups is 1. The highest BCUT2D eigenvalue weighted by Crippen LogP contribution is 2.43. The lowest BCUT2D eigenvalue weighted by molar-refractivity contribution is -0.161. The van der Waals surface area contributed by atoms with Gasteiger partial charge in [-0.05, 0) is 103 Å². The Hall–Kier alpha value is -3.59. The van der Waals surface area contributed by atoms with Crippen molar-refractivity contribution in [3.05, 3.63) is 122 Å². The molecule has 0 saturated heterocycles. The van der Waals surface area contributed by atoms with Gasteiger partial charge in [0, 0.05) is 19.4 Å². The largest absolute Gasteiger partial charge is 0.472 e. The molecule has 0 heterocycles. The van der Waals surface area contributed by atoms with Gasteiger partial charge in [0.2, 0.25) is 0 Å². The van der Waals surface area contributed by atoms with Crippen LogP contribution in [0.5, 0.6) is 0 Å². The second-order valence-electron chi connectivity index (χ2n) is 27.9. The minimum Gasteiger partial charge on any atom is -0.462 e. The van der Waals surface area contributed by atoms with E-state index >= 15 is 0 Å². The number of ether oxygens (including phenoxy) is 2. The van der Waals surface area contributed by atoms with Crippen molar-refractivity contribution in [2.75, 3.05) is 26.4 Å². The second kappa shape index (κ2) is 83.4. The van der Waals surface area contributed by atoms with Crippen LogP contribution in [0, 0.1) is 0 Å². The summed E-state index contributed by atoms with van der Waals surface area (Å²) in [4.78, 5) is 35.5. The van der Waals surface area contributed by atoms with E-state index in [0.29, 0.717) is 6.42 Å². The van der Waals surface area contributed by atoms with E-state index < -0.39 is 26.5 Å². The highest BCUT2D eigenvalue weighted by molar-refractivity contribution is 7.47. The molecular formula is C89H158NO8P. The zero-order chi connectivity index (χ0) is 71.5. The Balaban J connectivity index is 3.75. The Labute approximate surface area is 612 Å². The van der Waals surface area contributed by atoms with Gasteiger partial charge in [-0.15, -0.1) is 0 Å². The maximum absolute atomic E-state index is 12.8. The molecule has 0 aromatic carbocycles. The molecule has 0 aromatic heterocycles. The summed E-state index contributed by atoms with van der Waals surface area (Å²) in [5, 5.41) is 0. The first kappa shape index (κ1) is 95.4. The summed E-state index contributed by atoms with van der Waals surface area (Å²) in [6, 6.07) is 0. The number of hydrogen-bond donors (Lipinski definition) is 2. The first-order valence-corrected chi connectivity index (χ1v) is 43.5. The number of rotatable bonds is 79. The number of allylic oxidation sites excluding steroid dienone is 20. The molecule has 2 unspecified atom stereocenters. The van der Waals surface area contributed by atoms with Crippen LogP contribution in [0.1, 0.15) is 399 Å². The molecule has 0 bridgehead atoms. The Morgan fingerprint density at radius 3 is 0.778 bits per heavy atom. The SMILES string of the molecule is CC/C=C\C/C=C\C/C=C\C/C=C\C/C=C\CCCCCCCCCCCCCCCCCCCCCCCCCC(=O)OCC(COP(=O)(O)OCCN)OC(=O)CCCCCCCCCCCCCCCCCCCCCCCCC/C=C\C/C=C\C/C=C\C/C=C\C/C=C\CC. The summed E-state index contributed by atoms with van der Waals surface area (Å²) in [6.45, 7) is 3.57. The molecule has 0 aromatic rings. The van der Waals surface area contributed by atoms with E-state index in [1.807, 2.05) is 0 Å². The average Bonchev–Trinajstić information content (AvgIpc) is 1.52. The zero-order valence-electron chi connectivity index (χ0n) is 64.7. The number of carbonyl (C=O) groups is 2. The molecule has 0 amide bonds. The molecule has 0 aliphatic rings.